The molecule has 0 saturated carbocycles. The maximum absolute atomic E-state index is 10.5. The van der Waals surface area contributed by atoms with Crippen molar-refractivity contribution in [2.75, 3.05) is 0 Å². The molecule has 0 aliphatic rings. The highest BCUT2D eigenvalue weighted by atomic mass is 16.4. The Morgan fingerprint density at radius 1 is 1.50 bits per heavy atom. The summed E-state index contributed by atoms with van der Waals surface area (Å²) in [4.78, 5) is 18.9. The molecule has 0 aromatic carbocycles. The van der Waals surface area contributed by atoms with Gasteiger partial charge in [-0.3, -0.25) is 4.79 Å². The predicted octanol–water partition coefficient (Wildman–Crippen LogP) is 1.54. The lowest BCUT2D eigenvalue weighted by molar-refractivity contribution is -0.136. The summed E-state index contributed by atoms with van der Waals surface area (Å²) in [6, 6.07) is 1.71. The highest BCUT2D eigenvalue weighted by Gasteiger charge is 2.08. The molecule has 1 rings (SSSR count). The predicted molar refractivity (Wildman–Crippen MR) is 52.2 cm³/mol. The van der Waals surface area contributed by atoms with Crippen molar-refractivity contribution in [2.45, 2.75) is 33.1 Å². The average molecular weight is 194 g/mol. The number of rotatable bonds is 3. The summed E-state index contributed by atoms with van der Waals surface area (Å²) < 4.78 is 0. The summed E-state index contributed by atoms with van der Waals surface area (Å²) in [6.45, 7) is 5.82. The maximum atomic E-state index is 10.5. The van der Waals surface area contributed by atoms with E-state index in [9.17, 15) is 4.79 Å². The van der Waals surface area contributed by atoms with Crippen molar-refractivity contribution in [1.29, 1.82) is 0 Å². The van der Waals surface area contributed by atoms with Gasteiger partial charge in [0.2, 0.25) is 0 Å². The van der Waals surface area contributed by atoms with Crippen LogP contribution in [0.1, 0.15) is 37.0 Å². The lowest BCUT2D eigenvalue weighted by Crippen LogP contribution is -2.07. The van der Waals surface area contributed by atoms with Crippen LogP contribution in [-0.2, 0) is 11.2 Å². The van der Waals surface area contributed by atoms with Crippen molar-refractivity contribution in [2.24, 2.45) is 0 Å². The normalized spacial score (nSPS) is 10.6. The first-order chi connectivity index (χ1) is 6.49. The van der Waals surface area contributed by atoms with Gasteiger partial charge < -0.3 is 5.11 Å². The molecule has 14 heavy (non-hydrogen) atoms. The highest BCUT2D eigenvalue weighted by molar-refractivity contribution is 5.69. The Labute approximate surface area is 83.0 Å². The van der Waals surface area contributed by atoms with Crippen LogP contribution >= 0.6 is 0 Å². The third kappa shape index (κ3) is 2.80. The van der Waals surface area contributed by atoms with E-state index < -0.39 is 5.97 Å². The number of hydrogen-bond acceptors (Lipinski definition) is 3. The number of carboxylic acids is 1. The minimum atomic E-state index is -0.863. The summed E-state index contributed by atoms with van der Waals surface area (Å²) >= 11 is 0. The Balaban J connectivity index is 3.01. The summed E-state index contributed by atoms with van der Waals surface area (Å²) in [6.07, 6.45) is -0.0386. The van der Waals surface area contributed by atoms with E-state index in [-0.39, 0.29) is 12.3 Å². The molecule has 0 aliphatic carbocycles. The number of carbonyl (C=O) groups is 1. The van der Waals surface area contributed by atoms with Crippen LogP contribution in [0.2, 0.25) is 0 Å². The molecular weight excluding hydrogens is 180 g/mol. The van der Waals surface area contributed by atoms with Gasteiger partial charge >= 0.3 is 5.97 Å². The summed E-state index contributed by atoms with van der Waals surface area (Å²) in [5.41, 5.74) is 1.40. The van der Waals surface area contributed by atoms with Crippen LogP contribution in [0, 0.1) is 6.92 Å². The van der Waals surface area contributed by atoms with E-state index >= 15 is 0 Å². The smallest absolute Gasteiger partial charge is 0.309 e. The van der Waals surface area contributed by atoms with Crippen molar-refractivity contribution in [3.05, 3.63) is 23.3 Å². The monoisotopic (exact) mass is 194 g/mol. The van der Waals surface area contributed by atoms with E-state index in [0.29, 0.717) is 11.5 Å². The van der Waals surface area contributed by atoms with E-state index in [1.165, 1.54) is 0 Å². The number of hydrogen-bond donors (Lipinski definition) is 1. The van der Waals surface area contributed by atoms with Gasteiger partial charge in [-0.1, -0.05) is 13.8 Å². The third-order valence-corrected chi connectivity index (χ3v) is 1.77. The minimum Gasteiger partial charge on any atom is -0.481 e. The van der Waals surface area contributed by atoms with E-state index in [1.54, 1.807) is 6.07 Å². The van der Waals surface area contributed by atoms with Crippen LogP contribution in [0.15, 0.2) is 6.07 Å². The fourth-order valence-corrected chi connectivity index (χ4v) is 1.16. The minimum absolute atomic E-state index is 0.0386. The lowest BCUT2D eigenvalue weighted by atomic mass is 10.2. The molecule has 1 aromatic rings. The number of nitrogens with zero attached hydrogens (tertiary/aromatic N) is 2. The van der Waals surface area contributed by atoms with Crippen LogP contribution in [-0.4, -0.2) is 21.0 Å². The number of carboxylic acid groups (broad SMARTS) is 1. The van der Waals surface area contributed by atoms with Gasteiger partial charge in [-0.15, -0.1) is 0 Å². The largest absolute Gasteiger partial charge is 0.481 e. The van der Waals surface area contributed by atoms with Crippen molar-refractivity contribution in [1.82, 2.24) is 9.97 Å². The first-order valence-electron chi connectivity index (χ1n) is 4.55. The van der Waals surface area contributed by atoms with Gasteiger partial charge in [0.25, 0.3) is 0 Å². The van der Waals surface area contributed by atoms with Crippen molar-refractivity contribution in [3.8, 4) is 0 Å². The Morgan fingerprint density at radius 2 is 2.14 bits per heavy atom. The molecule has 0 amide bonds. The van der Waals surface area contributed by atoms with Crippen LogP contribution in [0.5, 0.6) is 0 Å². The van der Waals surface area contributed by atoms with Crippen molar-refractivity contribution >= 4 is 5.97 Å². The Morgan fingerprint density at radius 3 is 2.64 bits per heavy atom. The second kappa shape index (κ2) is 4.17. The second-order valence-electron chi connectivity index (χ2n) is 3.58. The molecular formula is C10H14N2O2. The molecule has 0 bridgehead atoms. The Kier molecular flexibility index (Phi) is 3.17. The molecule has 0 spiro atoms. The van der Waals surface area contributed by atoms with E-state index in [4.69, 9.17) is 5.11 Å². The van der Waals surface area contributed by atoms with Gasteiger partial charge in [0.15, 0.2) is 0 Å². The molecule has 0 radical (unpaired) electrons. The molecule has 0 saturated heterocycles. The number of aryl methyl sites for hydroxylation is 1. The Bertz CT molecular complexity index is 348. The topological polar surface area (TPSA) is 63.1 Å². The third-order valence-electron chi connectivity index (χ3n) is 1.77. The summed E-state index contributed by atoms with van der Waals surface area (Å²) in [5, 5.41) is 8.63. The van der Waals surface area contributed by atoms with Gasteiger partial charge in [0.1, 0.15) is 5.82 Å². The van der Waals surface area contributed by atoms with Crippen LogP contribution < -0.4 is 0 Å². The molecule has 0 fully saturated rings. The SMILES string of the molecule is Cc1cc(CC(=O)O)nc(C(C)C)n1. The van der Waals surface area contributed by atoms with Gasteiger partial charge in [-0.05, 0) is 13.0 Å². The van der Waals surface area contributed by atoms with E-state index in [1.807, 2.05) is 20.8 Å². The molecule has 76 valence electrons. The molecule has 4 heteroatoms. The molecule has 1 N–H and O–H groups in total. The molecule has 0 atom stereocenters. The lowest BCUT2D eigenvalue weighted by Gasteiger charge is -2.06. The quantitative estimate of drug-likeness (QED) is 0.792. The first kappa shape index (κ1) is 10.6. The van der Waals surface area contributed by atoms with Gasteiger partial charge in [0, 0.05) is 11.6 Å². The van der Waals surface area contributed by atoms with Gasteiger partial charge in [0.05, 0.1) is 12.1 Å². The zero-order chi connectivity index (χ0) is 10.7. The fraction of sp³-hybridized carbons (Fsp3) is 0.500. The summed E-state index contributed by atoms with van der Waals surface area (Å²) in [7, 11) is 0. The molecule has 1 heterocycles. The van der Waals surface area contributed by atoms with Crippen LogP contribution in [0.25, 0.3) is 0 Å². The molecule has 4 nitrogen and oxygen atoms in total. The zero-order valence-electron chi connectivity index (χ0n) is 8.61. The first-order valence-corrected chi connectivity index (χ1v) is 4.55. The van der Waals surface area contributed by atoms with Crippen LogP contribution in [0.4, 0.5) is 0 Å². The molecule has 0 aliphatic heterocycles. The average Bonchev–Trinajstić information content (AvgIpc) is 2.01. The zero-order valence-corrected chi connectivity index (χ0v) is 8.61. The summed E-state index contributed by atoms with van der Waals surface area (Å²) in [5.74, 6) is 0.0708. The van der Waals surface area contributed by atoms with Gasteiger partial charge in [-0.2, -0.15) is 0 Å². The molecule has 1 aromatic heterocycles. The maximum Gasteiger partial charge on any atom is 0.309 e. The highest BCUT2D eigenvalue weighted by Crippen LogP contribution is 2.10. The van der Waals surface area contributed by atoms with Crippen LogP contribution in [0.3, 0.4) is 0 Å². The number of aromatic nitrogens is 2. The van der Waals surface area contributed by atoms with E-state index in [0.717, 1.165) is 5.69 Å². The Hall–Kier alpha value is -1.45. The standard InChI is InChI=1S/C10H14N2O2/c1-6(2)10-11-7(3)4-8(12-10)5-9(13)14/h4,6H,5H2,1-3H3,(H,13,14). The van der Waals surface area contributed by atoms with E-state index in [2.05, 4.69) is 9.97 Å². The van der Waals surface area contributed by atoms with Crippen molar-refractivity contribution in [3.63, 3.8) is 0 Å². The fourth-order valence-electron chi connectivity index (χ4n) is 1.16. The second-order valence-corrected chi connectivity index (χ2v) is 3.58. The van der Waals surface area contributed by atoms with Crippen molar-refractivity contribution < 1.29 is 9.90 Å². The number of aliphatic carboxylic acids is 1. The van der Waals surface area contributed by atoms with Gasteiger partial charge in [-0.25, -0.2) is 9.97 Å². The molecule has 0 unspecified atom stereocenters.